The van der Waals surface area contributed by atoms with Gasteiger partial charge in [-0.25, -0.2) is 0 Å². The van der Waals surface area contributed by atoms with E-state index in [1.807, 2.05) is 191 Å². The molecule has 138 heavy (non-hydrogen) atoms. The Morgan fingerprint density at radius 2 is 0.413 bits per heavy atom. The number of amides is 5. The van der Waals surface area contributed by atoms with Crippen LogP contribution in [0.15, 0.2) is 205 Å². The van der Waals surface area contributed by atoms with E-state index in [-0.39, 0.29) is 155 Å². The summed E-state index contributed by atoms with van der Waals surface area (Å²) in [5, 5.41) is 22.1. The van der Waals surface area contributed by atoms with Crippen LogP contribution in [0, 0.1) is 80.6 Å². The monoisotopic (exact) mass is 2010 g/mol. The van der Waals surface area contributed by atoms with Crippen molar-refractivity contribution < 1.29 is 93.4 Å². The van der Waals surface area contributed by atoms with Crippen LogP contribution < -0.4 is 50.3 Å². The topological polar surface area (TPSA) is 343 Å². The maximum Gasteiger partial charge on any atom is 0.258 e. The molecule has 5 aliphatic heterocycles. The average Bonchev–Trinajstić information content (AvgIpc) is 1.64. The molecule has 5 unspecified atom stereocenters. The summed E-state index contributed by atoms with van der Waals surface area (Å²) in [4.78, 5) is 72.5. The second-order valence-electron chi connectivity index (χ2n) is 33.2. The van der Waals surface area contributed by atoms with Gasteiger partial charge >= 0.3 is 0 Å². The summed E-state index contributed by atoms with van der Waals surface area (Å²) in [6, 6.07) is 50.5. The van der Waals surface area contributed by atoms with Gasteiger partial charge in [-0.3, -0.25) is 48.5 Å². The fourth-order valence-corrected chi connectivity index (χ4v) is 16.0. The van der Waals surface area contributed by atoms with E-state index in [0.717, 1.165) is 150 Å². The van der Waals surface area contributed by atoms with Gasteiger partial charge in [0, 0.05) is 105 Å². The quantitative estimate of drug-likeness (QED) is 0.0246. The van der Waals surface area contributed by atoms with Gasteiger partial charge in [0.15, 0.2) is 33.0 Å². The van der Waals surface area contributed by atoms with Crippen LogP contribution in [0.5, 0.6) is 28.7 Å². The number of furan rings is 5. The molecular weight excluding hydrogens is 1880 g/mol. The highest BCUT2D eigenvalue weighted by atomic mass is 35.5. The molecule has 0 bridgehead atoms. The van der Waals surface area contributed by atoms with E-state index in [2.05, 4.69) is 81.4 Å². The molecule has 10 aromatic rings. The highest BCUT2D eigenvalue weighted by molar-refractivity contribution is 5.86. The average molecular weight is 2020 g/mol. The number of nitrogens with zero attached hydrogens (tertiary/aromatic N) is 6. The fourth-order valence-electron chi connectivity index (χ4n) is 16.0. The number of nitrogens with one attached hydrogen (secondary N) is 5. The summed E-state index contributed by atoms with van der Waals surface area (Å²) >= 11 is 0. The molecule has 0 spiro atoms. The molecular formula is C102H138Cl5N11O20. The Hall–Kier alpha value is -10.6. The Morgan fingerprint density at radius 1 is 0.275 bits per heavy atom. The number of ether oxygens (including phenoxy) is 10. The molecule has 5 aromatic carbocycles. The highest BCUT2D eigenvalue weighted by Gasteiger charge is 2.31. The molecule has 5 saturated heterocycles. The Balaban J connectivity index is 0.000000299. The molecule has 0 aliphatic carbocycles. The van der Waals surface area contributed by atoms with Crippen molar-refractivity contribution >= 4 is 91.6 Å². The molecule has 10 heterocycles. The molecule has 5 fully saturated rings. The van der Waals surface area contributed by atoms with Crippen LogP contribution in [-0.4, -0.2) is 251 Å². The van der Waals surface area contributed by atoms with E-state index in [0.29, 0.717) is 128 Å². The number of morpholine rings is 5. The van der Waals surface area contributed by atoms with Gasteiger partial charge in [0.05, 0.1) is 134 Å². The third-order valence-corrected chi connectivity index (χ3v) is 22.1. The Kier molecular flexibility index (Phi) is 55.2. The predicted octanol–water partition coefficient (Wildman–Crippen LogP) is 15.0. The minimum atomic E-state index is -0.144. The van der Waals surface area contributed by atoms with Crippen LogP contribution in [0.3, 0.4) is 0 Å². The van der Waals surface area contributed by atoms with Crippen LogP contribution >= 0.6 is 62.0 Å². The van der Waals surface area contributed by atoms with Crippen molar-refractivity contribution in [2.75, 3.05) is 197 Å². The molecule has 5 N–H and O–H groups in total. The molecule has 5 amide bonds. The first-order valence-corrected chi connectivity index (χ1v) is 45.5. The predicted molar refractivity (Wildman–Crippen MR) is 539 cm³/mol. The first-order chi connectivity index (χ1) is 64.5. The summed E-state index contributed by atoms with van der Waals surface area (Å²) in [5.41, 5.74) is 11.2. The number of carbonyl (C=O) groups is 5. The molecule has 756 valence electrons. The number of hydrogen-bond acceptors (Lipinski definition) is 26. The van der Waals surface area contributed by atoms with Gasteiger partial charge in [-0.15, -0.1) is 62.0 Å². The van der Waals surface area contributed by atoms with Gasteiger partial charge in [0.25, 0.3) is 29.5 Å². The Labute approximate surface area is 842 Å². The molecule has 5 aromatic heterocycles. The Morgan fingerprint density at radius 3 is 0.536 bits per heavy atom. The van der Waals surface area contributed by atoms with Crippen molar-refractivity contribution in [1.82, 2.24) is 51.1 Å². The molecule has 15 rings (SSSR count). The molecule has 36 heteroatoms. The smallest absolute Gasteiger partial charge is 0.258 e. The number of halogens is 5. The molecule has 5 aliphatic rings. The largest absolute Gasteiger partial charge is 0.484 e. The highest BCUT2D eigenvalue weighted by Crippen LogP contribution is 2.29. The molecule has 5 atom stereocenters. The van der Waals surface area contributed by atoms with Gasteiger partial charge in [-0.05, 0) is 246 Å². The molecule has 31 nitrogen and oxygen atoms in total. The van der Waals surface area contributed by atoms with Crippen LogP contribution in [0.4, 0.5) is 0 Å². The summed E-state index contributed by atoms with van der Waals surface area (Å²) in [6.45, 7) is 39.0. The fraction of sp³-hybridized carbons (Fsp3) is 0.451. The van der Waals surface area contributed by atoms with E-state index >= 15 is 0 Å². The number of carbonyl (C=O) groups excluding carboxylic acids is 5. The van der Waals surface area contributed by atoms with Crippen molar-refractivity contribution in [2.45, 2.75) is 106 Å². The van der Waals surface area contributed by atoms with Gasteiger partial charge in [0.2, 0.25) is 0 Å². The van der Waals surface area contributed by atoms with Gasteiger partial charge in [-0.2, -0.15) is 5.26 Å². The third-order valence-electron chi connectivity index (χ3n) is 22.1. The maximum absolute atomic E-state index is 12.2. The number of hydrogen-bond donors (Lipinski definition) is 5. The lowest BCUT2D eigenvalue weighted by molar-refractivity contribution is -0.124. The number of rotatable bonds is 35. The second-order valence-corrected chi connectivity index (χ2v) is 33.2. The van der Waals surface area contributed by atoms with E-state index < -0.39 is 0 Å². The first kappa shape index (κ1) is 118. The zero-order valence-electron chi connectivity index (χ0n) is 80.8. The Bertz CT molecular complexity index is 4300. The van der Waals surface area contributed by atoms with E-state index in [1.54, 1.807) is 37.4 Å². The number of aryl methyl sites for hydroxylation is 10. The van der Waals surface area contributed by atoms with Crippen LogP contribution in [0.1, 0.15) is 122 Å². The lowest BCUT2D eigenvalue weighted by Crippen LogP contribution is -2.44. The molecule has 0 saturated carbocycles. The normalized spacial score (nSPS) is 15.3. The summed E-state index contributed by atoms with van der Waals surface area (Å²) in [5.74, 6) is 7.11. The van der Waals surface area contributed by atoms with E-state index in [9.17, 15) is 24.0 Å². The number of benzene rings is 5. The summed E-state index contributed by atoms with van der Waals surface area (Å²) in [6.07, 6.45) is 8.30. The van der Waals surface area contributed by atoms with E-state index in [1.165, 1.54) is 6.92 Å². The second kappa shape index (κ2) is 64.6. The van der Waals surface area contributed by atoms with E-state index in [4.69, 9.17) is 74.7 Å². The standard InChI is InChI=1S/5C20H26N2O4.C2H3N.5ClH/c5*1-15-10-16(2)12-17(11-15)26-14-20(23)21-13-18(19-4-3-7-25-19)22-5-8-24-9-6-22;1-2-3;;;;;/h5*3-4,7,10-12,18H,5-6,8-9,13-14H2,1-2H3,(H,21,23);1H3;5*1H. The van der Waals surface area contributed by atoms with Crippen molar-refractivity contribution in [2.24, 2.45) is 0 Å². The van der Waals surface area contributed by atoms with Crippen LogP contribution in [0.25, 0.3) is 0 Å². The van der Waals surface area contributed by atoms with Crippen molar-refractivity contribution in [1.29, 1.82) is 5.26 Å². The zero-order valence-corrected chi connectivity index (χ0v) is 84.9. The minimum absolute atomic E-state index is 0. The van der Waals surface area contributed by atoms with Crippen molar-refractivity contribution in [3.8, 4) is 34.8 Å². The van der Waals surface area contributed by atoms with Gasteiger partial charge < -0.3 is 96.0 Å². The lowest BCUT2D eigenvalue weighted by Gasteiger charge is -2.33. The third kappa shape index (κ3) is 42.2. The SMILES string of the molecule is CC#N.Cc1cc(C)cc(OCC(=O)NCC(c2ccco2)N2CCOCC2)c1.Cc1cc(C)cc(OCC(=O)NCC(c2ccco2)N2CCOCC2)c1.Cc1cc(C)cc(OCC(=O)NCC(c2ccco2)N2CCOCC2)c1.Cc1cc(C)cc(OCC(=O)NCC(c2ccco2)N2CCOCC2)c1.Cc1cc(C)cc(OCC(=O)NCC(c2ccco2)N2CCOCC2)c1.Cl.Cl.Cl.Cl.Cl. The van der Waals surface area contributed by atoms with Gasteiger partial charge in [0.1, 0.15) is 57.5 Å². The van der Waals surface area contributed by atoms with Gasteiger partial charge in [-0.1, -0.05) is 30.3 Å². The zero-order chi connectivity index (χ0) is 94.5. The van der Waals surface area contributed by atoms with Crippen LogP contribution in [-0.2, 0) is 47.7 Å². The minimum Gasteiger partial charge on any atom is -0.484 e. The maximum atomic E-state index is 12.2. The lowest BCUT2D eigenvalue weighted by atomic mass is 10.1. The van der Waals surface area contributed by atoms with Crippen LogP contribution in [0.2, 0.25) is 0 Å². The first-order valence-electron chi connectivity index (χ1n) is 45.5. The summed E-state index contributed by atoms with van der Waals surface area (Å²) < 4.78 is 83.1. The van der Waals surface area contributed by atoms with Crippen molar-refractivity contribution in [3.63, 3.8) is 0 Å². The van der Waals surface area contributed by atoms with Crippen molar-refractivity contribution in [3.05, 3.63) is 267 Å². The number of nitriles is 1. The summed E-state index contributed by atoms with van der Waals surface area (Å²) in [7, 11) is 0. The molecule has 0 radical (unpaired) electrons.